The van der Waals surface area contributed by atoms with Crippen LogP contribution in [0.2, 0.25) is 0 Å². The van der Waals surface area contributed by atoms with Gasteiger partial charge in [0.15, 0.2) is 5.82 Å². The number of ether oxygens (including phenoxy) is 1. The summed E-state index contributed by atoms with van der Waals surface area (Å²) in [5.41, 5.74) is 0.146. The molecule has 2 bridgehead atoms. The number of piperidine rings is 2. The highest BCUT2D eigenvalue weighted by atomic mass is 19.1. The SMILES string of the molecule is C#Cc1cccc2cc(O)cc(-c3c(F)cc4c(N5C[C@@]6(C)CC[C@H]5CN6)nc(OC)nc4c3F)c12. The summed E-state index contributed by atoms with van der Waals surface area (Å²) in [6, 6.07) is 9.43. The van der Waals surface area contributed by atoms with Gasteiger partial charge in [0.1, 0.15) is 22.9 Å². The van der Waals surface area contributed by atoms with Crippen molar-refractivity contribution in [2.75, 3.05) is 25.1 Å². The highest BCUT2D eigenvalue weighted by Gasteiger charge is 2.42. The van der Waals surface area contributed by atoms with E-state index in [0.717, 1.165) is 19.4 Å². The largest absolute Gasteiger partial charge is 0.508 e. The van der Waals surface area contributed by atoms with Crippen molar-refractivity contribution in [1.82, 2.24) is 15.3 Å². The number of aromatic nitrogens is 2. The first-order valence-corrected chi connectivity index (χ1v) is 11.8. The number of fused-ring (bicyclic) bond motifs is 5. The lowest BCUT2D eigenvalue weighted by molar-refractivity contribution is 0.198. The van der Waals surface area contributed by atoms with Crippen LogP contribution in [0.15, 0.2) is 36.4 Å². The highest BCUT2D eigenvalue weighted by molar-refractivity contribution is 6.04. The molecule has 0 spiro atoms. The Morgan fingerprint density at radius 2 is 2.08 bits per heavy atom. The maximum absolute atomic E-state index is 16.3. The average Bonchev–Trinajstić information content (AvgIpc) is 2.87. The topological polar surface area (TPSA) is 70.5 Å². The van der Waals surface area contributed by atoms with Gasteiger partial charge in [-0.15, -0.1) is 6.42 Å². The van der Waals surface area contributed by atoms with Crippen molar-refractivity contribution in [2.24, 2.45) is 0 Å². The van der Waals surface area contributed by atoms with Crippen LogP contribution >= 0.6 is 0 Å². The molecule has 6 nitrogen and oxygen atoms in total. The van der Waals surface area contributed by atoms with E-state index in [-0.39, 0.29) is 45.4 Å². The van der Waals surface area contributed by atoms with E-state index in [2.05, 4.69) is 33.0 Å². The van der Waals surface area contributed by atoms with Crippen LogP contribution in [-0.2, 0) is 0 Å². The van der Waals surface area contributed by atoms with Gasteiger partial charge in [-0.2, -0.15) is 9.97 Å². The van der Waals surface area contributed by atoms with E-state index in [0.29, 0.717) is 28.7 Å². The van der Waals surface area contributed by atoms with Crippen molar-refractivity contribution in [3.63, 3.8) is 0 Å². The third-order valence-corrected chi connectivity index (χ3v) is 7.44. The Morgan fingerprint density at radius 1 is 1.25 bits per heavy atom. The van der Waals surface area contributed by atoms with Crippen molar-refractivity contribution in [3.8, 4) is 35.2 Å². The molecule has 2 atom stereocenters. The molecule has 182 valence electrons. The van der Waals surface area contributed by atoms with Gasteiger partial charge in [0, 0.05) is 46.6 Å². The summed E-state index contributed by atoms with van der Waals surface area (Å²) in [6.07, 6.45) is 7.67. The number of anilines is 1. The number of phenolic OH excluding ortho intramolecular Hbond substituents is 1. The molecule has 0 unspecified atom stereocenters. The molecule has 0 saturated carbocycles. The highest BCUT2D eigenvalue weighted by Crippen LogP contribution is 2.42. The third-order valence-electron chi connectivity index (χ3n) is 7.44. The smallest absolute Gasteiger partial charge is 0.318 e. The molecule has 8 heteroatoms. The van der Waals surface area contributed by atoms with Gasteiger partial charge in [0.05, 0.1) is 12.7 Å². The third kappa shape index (κ3) is 3.34. The second kappa shape index (κ2) is 8.04. The Morgan fingerprint density at radius 3 is 2.78 bits per heavy atom. The summed E-state index contributed by atoms with van der Waals surface area (Å²) < 4.78 is 37.5. The molecule has 3 aliphatic heterocycles. The van der Waals surface area contributed by atoms with Gasteiger partial charge in [-0.25, -0.2) is 8.78 Å². The number of hydrogen-bond donors (Lipinski definition) is 2. The number of methoxy groups -OCH3 is 1. The number of aromatic hydroxyl groups is 1. The number of phenols is 1. The van der Waals surface area contributed by atoms with Crippen molar-refractivity contribution in [1.29, 1.82) is 0 Å². The maximum atomic E-state index is 16.3. The lowest BCUT2D eigenvalue weighted by atomic mass is 9.82. The van der Waals surface area contributed by atoms with Crippen LogP contribution in [0.1, 0.15) is 25.3 Å². The Labute approximate surface area is 206 Å². The van der Waals surface area contributed by atoms with Gasteiger partial charge >= 0.3 is 6.01 Å². The minimum Gasteiger partial charge on any atom is -0.508 e. The first-order valence-electron chi connectivity index (χ1n) is 11.8. The maximum Gasteiger partial charge on any atom is 0.318 e. The Balaban J connectivity index is 1.64. The number of rotatable bonds is 3. The first-order chi connectivity index (χ1) is 17.3. The molecule has 0 radical (unpaired) electrons. The quantitative estimate of drug-likeness (QED) is 0.407. The molecule has 0 amide bonds. The number of terminal acetylenes is 1. The Kier molecular flexibility index (Phi) is 5.02. The van der Waals surface area contributed by atoms with Crippen LogP contribution in [0.25, 0.3) is 32.8 Å². The van der Waals surface area contributed by atoms with Gasteiger partial charge in [0.2, 0.25) is 0 Å². The molecule has 3 aromatic carbocycles. The summed E-state index contributed by atoms with van der Waals surface area (Å²) >= 11 is 0. The van der Waals surface area contributed by atoms with Gasteiger partial charge in [-0.3, -0.25) is 0 Å². The van der Waals surface area contributed by atoms with Crippen LogP contribution in [0.4, 0.5) is 14.6 Å². The van der Waals surface area contributed by atoms with Crippen molar-refractivity contribution in [2.45, 2.75) is 31.3 Å². The fourth-order valence-electron chi connectivity index (χ4n) is 5.64. The second-order valence-corrected chi connectivity index (χ2v) is 9.78. The van der Waals surface area contributed by atoms with Crippen LogP contribution in [0, 0.1) is 24.0 Å². The van der Waals surface area contributed by atoms with E-state index in [9.17, 15) is 5.11 Å². The van der Waals surface area contributed by atoms with Crippen molar-refractivity contribution >= 4 is 27.5 Å². The number of piperazine rings is 1. The molecule has 3 aliphatic rings. The summed E-state index contributed by atoms with van der Waals surface area (Å²) in [5, 5.41) is 15.2. The van der Waals surface area contributed by atoms with E-state index in [1.807, 2.05) is 0 Å². The molecule has 4 aromatic rings. The normalized spacial score (nSPS) is 21.2. The van der Waals surface area contributed by atoms with Crippen LogP contribution in [0.3, 0.4) is 0 Å². The van der Waals surface area contributed by atoms with Gasteiger partial charge in [-0.1, -0.05) is 18.1 Å². The predicted molar refractivity (Wildman–Crippen MR) is 135 cm³/mol. The minimum absolute atomic E-state index is 0.00130. The minimum atomic E-state index is -0.864. The number of benzene rings is 3. The molecule has 3 fully saturated rings. The van der Waals surface area contributed by atoms with Gasteiger partial charge in [-0.05, 0) is 49.4 Å². The molecule has 2 N–H and O–H groups in total. The number of halogens is 2. The van der Waals surface area contributed by atoms with E-state index in [1.54, 1.807) is 18.2 Å². The predicted octanol–water partition coefficient (Wildman–Crippen LogP) is 4.75. The molecule has 1 aromatic heterocycles. The van der Waals surface area contributed by atoms with E-state index in [1.165, 1.54) is 25.3 Å². The van der Waals surface area contributed by atoms with Gasteiger partial charge in [0.25, 0.3) is 0 Å². The number of nitrogens with one attached hydrogen (secondary N) is 1. The van der Waals surface area contributed by atoms with E-state index >= 15 is 8.78 Å². The molecular weight excluding hydrogens is 462 g/mol. The molecule has 0 aliphatic carbocycles. The standard InChI is InChI=1S/C28H24F2N4O2/c1-4-15-6-5-7-16-10-18(35)11-19(22(15)16)23-21(29)12-20-25(24(23)30)32-27(36-3)33-26(20)34-14-28(2)9-8-17(34)13-31-28/h1,5-7,10-12,17,31,35H,8-9,13-14H2,2-3H3/t17-,28+/m0/s1. The number of hydrogen-bond acceptors (Lipinski definition) is 6. The lowest BCUT2D eigenvalue weighted by Crippen LogP contribution is -2.67. The molecule has 36 heavy (non-hydrogen) atoms. The lowest BCUT2D eigenvalue weighted by Gasteiger charge is -2.52. The zero-order valence-electron chi connectivity index (χ0n) is 19.9. The van der Waals surface area contributed by atoms with Gasteiger partial charge < -0.3 is 20.1 Å². The van der Waals surface area contributed by atoms with Crippen LogP contribution in [0.5, 0.6) is 11.8 Å². The zero-order valence-corrected chi connectivity index (χ0v) is 19.9. The van der Waals surface area contributed by atoms with Crippen LogP contribution in [-0.4, -0.2) is 46.9 Å². The Hall–Kier alpha value is -3.96. The summed E-state index contributed by atoms with van der Waals surface area (Å²) in [6.45, 7) is 3.56. The molecule has 7 rings (SSSR count). The zero-order chi connectivity index (χ0) is 25.2. The fraction of sp³-hybridized carbons (Fsp3) is 0.286. The van der Waals surface area contributed by atoms with Crippen molar-refractivity contribution in [3.05, 3.63) is 53.6 Å². The summed E-state index contributed by atoms with van der Waals surface area (Å²) in [7, 11) is 1.42. The molecule has 4 heterocycles. The summed E-state index contributed by atoms with van der Waals surface area (Å²) in [5.74, 6) is 1.24. The fourth-order valence-corrected chi connectivity index (χ4v) is 5.64. The van der Waals surface area contributed by atoms with E-state index < -0.39 is 11.6 Å². The average molecular weight is 487 g/mol. The molecule has 3 saturated heterocycles. The van der Waals surface area contributed by atoms with E-state index in [4.69, 9.17) is 11.2 Å². The molecular formula is C28H24F2N4O2. The number of nitrogens with zero attached hydrogens (tertiary/aromatic N) is 3. The van der Waals surface area contributed by atoms with Crippen LogP contribution < -0.4 is 15.0 Å². The summed E-state index contributed by atoms with van der Waals surface area (Å²) in [4.78, 5) is 10.9. The second-order valence-electron chi connectivity index (χ2n) is 9.78. The Bertz CT molecular complexity index is 1590. The monoisotopic (exact) mass is 486 g/mol. The first kappa shape index (κ1) is 22.5. The van der Waals surface area contributed by atoms with Crippen molar-refractivity contribution < 1.29 is 18.6 Å².